The molecule has 0 aromatic heterocycles. The molecule has 0 bridgehead atoms. The van der Waals surface area contributed by atoms with Gasteiger partial charge >= 0.3 is 89.5 Å². The molecule has 1 fully saturated rings. The summed E-state index contributed by atoms with van der Waals surface area (Å²) in [7, 11) is 1.00. The average Bonchev–Trinajstić information content (AvgIpc) is 1.90. The lowest BCUT2D eigenvalue weighted by Gasteiger charge is -2.15. The van der Waals surface area contributed by atoms with Gasteiger partial charge in [-0.15, -0.1) is 0 Å². The van der Waals surface area contributed by atoms with Gasteiger partial charge in [0.15, 0.2) is 0 Å². The van der Waals surface area contributed by atoms with Crippen LogP contribution in [0.3, 0.4) is 0 Å². The molecular formula is C76H118O37. The summed E-state index contributed by atoms with van der Waals surface area (Å²) in [6.07, 6.45) is -2.08. The summed E-state index contributed by atoms with van der Waals surface area (Å²) in [5, 5.41) is 70.6. The first-order valence-corrected chi connectivity index (χ1v) is 35.6. The van der Waals surface area contributed by atoms with E-state index in [1.807, 2.05) is 0 Å². The Morgan fingerprint density at radius 1 is 0.319 bits per heavy atom. The lowest BCUT2D eigenvalue weighted by atomic mass is 10.2. The zero-order valence-electron chi connectivity index (χ0n) is 66.2. The number of ether oxygens (including phenoxy) is 14. The number of aliphatic carboxylic acids is 2. The van der Waals surface area contributed by atoms with Crippen LogP contribution >= 0.6 is 0 Å². The fourth-order valence-corrected chi connectivity index (χ4v) is 6.71. The number of aliphatic hydroxyl groups excluding tert-OH is 6. The van der Waals surface area contributed by atoms with Gasteiger partial charge in [0.1, 0.15) is 32.0 Å². The number of esters is 13. The molecule has 1 saturated heterocycles. The highest BCUT2D eigenvalue weighted by Crippen LogP contribution is 2.14. The number of rotatable bonds is 55. The highest BCUT2D eigenvalue weighted by molar-refractivity contribution is 5.89. The topological polar surface area (TPSA) is 550 Å². The van der Waals surface area contributed by atoms with Crippen LogP contribution in [0.15, 0.2) is 85.1 Å². The van der Waals surface area contributed by atoms with Gasteiger partial charge in [0.25, 0.3) is 0 Å². The third-order valence-electron chi connectivity index (χ3n) is 13.1. The Hall–Kier alpha value is -10.0. The van der Waals surface area contributed by atoms with Crippen molar-refractivity contribution in [1.29, 1.82) is 0 Å². The van der Waals surface area contributed by atoms with Crippen LogP contribution in [0.2, 0.25) is 0 Å². The maximum absolute atomic E-state index is 11.8. The lowest BCUT2D eigenvalue weighted by molar-refractivity contribution is -0.155. The molecule has 0 aromatic rings. The molecule has 37 nitrogen and oxygen atoms in total. The highest BCUT2D eigenvalue weighted by atomic mass is 16.6. The Bertz CT molecular complexity index is 2950. The van der Waals surface area contributed by atoms with E-state index in [1.165, 1.54) is 41.5 Å². The Morgan fingerprint density at radius 2 is 0.540 bits per heavy atom. The van der Waals surface area contributed by atoms with Crippen molar-refractivity contribution in [1.82, 2.24) is 0 Å². The van der Waals surface area contributed by atoms with Crippen molar-refractivity contribution in [3.05, 3.63) is 85.1 Å². The molecule has 1 aliphatic rings. The van der Waals surface area contributed by atoms with Crippen LogP contribution in [0, 0.1) is 0 Å². The van der Waals surface area contributed by atoms with E-state index < -0.39 is 127 Å². The first-order valence-electron chi connectivity index (χ1n) is 35.6. The molecule has 0 amide bonds. The number of carboxylic acids is 2. The molecule has 6 atom stereocenters. The molecule has 0 aliphatic carbocycles. The van der Waals surface area contributed by atoms with E-state index in [1.54, 1.807) is 6.92 Å². The number of carbonyl (C=O) groups is 15. The molecule has 0 aromatic carbocycles. The fraction of sp³-hybridized carbons (Fsp3) is 0.618. The van der Waals surface area contributed by atoms with Crippen LogP contribution in [0.25, 0.3) is 0 Å². The van der Waals surface area contributed by atoms with Gasteiger partial charge in [0.05, 0.1) is 97.1 Å². The van der Waals surface area contributed by atoms with Crippen LogP contribution in [0.1, 0.15) is 170 Å². The van der Waals surface area contributed by atoms with Gasteiger partial charge < -0.3 is 107 Å². The third-order valence-corrected chi connectivity index (χ3v) is 13.1. The normalized spacial score (nSPS) is 12.4. The summed E-state index contributed by atoms with van der Waals surface area (Å²) in [4.78, 5) is 168. The van der Waals surface area contributed by atoms with Crippen molar-refractivity contribution in [2.24, 2.45) is 0 Å². The van der Waals surface area contributed by atoms with E-state index in [9.17, 15) is 97.5 Å². The van der Waals surface area contributed by atoms with E-state index in [0.717, 1.165) is 20.1 Å². The summed E-state index contributed by atoms with van der Waals surface area (Å²) in [6.45, 7) is 34.5. The largest absolute Gasteiger partial charge is 0.481 e. The van der Waals surface area contributed by atoms with Gasteiger partial charge in [-0.1, -0.05) is 46.1 Å². The first-order chi connectivity index (χ1) is 53.1. The van der Waals surface area contributed by atoms with Crippen molar-refractivity contribution in [3.63, 3.8) is 0 Å². The van der Waals surface area contributed by atoms with Gasteiger partial charge in [-0.3, -0.25) is 38.4 Å². The second-order valence-corrected chi connectivity index (χ2v) is 24.5. The van der Waals surface area contributed by atoms with Crippen molar-refractivity contribution >= 4 is 89.5 Å². The molecule has 8 N–H and O–H groups in total. The predicted molar refractivity (Wildman–Crippen MR) is 397 cm³/mol. The Morgan fingerprint density at radius 3 is 0.788 bits per heavy atom. The number of epoxide rings is 1. The minimum absolute atomic E-state index is 0.0157. The standard InChI is InChI=1S/2C21H32O10.C20H30O9.C8H12O3.C5H8O4.CH4O/c1-14(2)20(26)28-10-8-16(23)13-30-18(24)6-5-7-19(25)31-17(12-22)9-11-29-21(27)15(3)4;1-14(2)20(26)28-10-8-16(22)12-30-18(24)6-5-7-19(25)31-13-17(23)9-11-29-21(27)15(3)4;1-14(2)19(24)27-11-6-10-26-17(22)7-5-8-18(23)29-16(13-21)9-12-28-20(25)15(3)4;1-6(2)8(9)10-4-3-7-5-11-7;6-4(7)2-1-3-5(8)9;1-2/h2*16-17,22-23H,1,3,5-13H2,2,4H3;16,21H,1,3,5-13H2,2,4H3;7H,1,3-5H2,2H3;1-3H2,(H,6,7)(H,8,9);2H,1H3. The zero-order valence-corrected chi connectivity index (χ0v) is 66.2. The molecule has 644 valence electrons. The van der Waals surface area contributed by atoms with Crippen LogP contribution in [0.4, 0.5) is 0 Å². The molecule has 1 rings (SSSR count). The molecule has 37 heteroatoms. The van der Waals surface area contributed by atoms with Gasteiger partial charge in [-0.25, -0.2) is 33.6 Å². The quantitative estimate of drug-likeness (QED) is 0.0137. The molecule has 0 saturated carbocycles. The van der Waals surface area contributed by atoms with Gasteiger partial charge in [-0.2, -0.15) is 0 Å². The van der Waals surface area contributed by atoms with Gasteiger partial charge in [0, 0.05) is 142 Å². The van der Waals surface area contributed by atoms with Gasteiger partial charge in [-0.05, 0) is 74.1 Å². The number of hydrogen-bond acceptors (Lipinski definition) is 35. The Labute approximate surface area is 658 Å². The SMILES string of the molecule is C=C(C)C(=O)OCCC(O)COC(=O)CCCC(=O)OC(CO)CCOC(=O)C(=C)C.C=C(C)C(=O)OCCC(O)COC(=O)CCCC(=O)OCC(O)CCOC(=O)C(=C)C.C=C(C)C(=O)OCCC1CO1.C=C(C)C(=O)OCCCOC(=O)CCCC(=O)OC(CO)CCOC(=O)C(=C)C.CO.O=C(O)CCCC(=O)O. The number of aliphatic hydroxyl groups is 6. The minimum Gasteiger partial charge on any atom is -0.481 e. The van der Waals surface area contributed by atoms with Crippen LogP contribution < -0.4 is 0 Å². The number of carbonyl (C=O) groups excluding carboxylic acids is 13. The van der Waals surface area contributed by atoms with Crippen molar-refractivity contribution in [3.8, 4) is 0 Å². The van der Waals surface area contributed by atoms with E-state index in [4.69, 9.17) is 81.6 Å². The first kappa shape index (κ1) is 112. The second-order valence-electron chi connectivity index (χ2n) is 24.5. The second kappa shape index (κ2) is 71.0. The van der Waals surface area contributed by atoms with E-state index in [2.05, 4.69) is 46.1 Å². The predicted octanol–water partition coefficient (Wildman–Crippen LogP) is 4.42. The molecule has 113 heavy (non-hydrogen) atoms. The third kappa shape index (κ3) is 75.8. The Kier molecular flexibility index (Phi) is 70.1. The number of carboxylic acid groups (broad SMARTS) is 2. The molecular weight excluding hydrogens is 1500 g/mol. The Balaban J connectivity index is -0.000000453. The summed E-state index contributed by atoms with van der Waals surface area (Å²) in [6, 6.07) is 0. The number of hydrogen-bond donors (Lipinski definition) is 8. The summed E-state index contributed by atoms with van der Waals surface area (Å²) >= 11 is 0. The maximum atomic E-state index is 11.8. The summed E-state index contributed by atoms with van der Waals surface area (Å²) < 4.78 is 68.6. The lowest BCUT2D eigenvalue weighted by Crippen LogP contribution is -2.24. The molecule has 0 spiro atoms. The summed E-state index contributed by atoms with van der Waals surface area (Å²) in [5.41, 5.74) is 1.98. The molecule has 0 radical (unpaired) electrons. The van der Waals surface area contributed by atoms with E-state index in [0.29, 0.717) is 30.3 Å². The molecule has 1 heterocycles. The van der Waals surface area contributed by atoms with Crippen molar-refractivity contribution in [2.75, 3.05) is 99.6 Å². The monoisotopic (exact) mass is 1620 g/mol. The highest BCUT2D eigenvalue weighted by Gasteiger charge is 2.23. The molecule has 1 aliphatic heterocycles. The summed E-state index contributed by atoms with van der Waals surface area (Å²) in [5.74, 6) is -8.96. The van der Waals surface area contributed by atoms with Crippen LogP contribution in [-0.2, 0) is 138 Å². The minimum atomic E-state index is -0.990. The maximum Gasteiger partial charge on any atom is 0.333 e. The van der Waals surface area contributed by atoms with Gasteiger partial charge in [0.2, 0.25) is 0 Å². The van der Waals surface area contributed by atoms with E-state index in [-0.39, 0.29) is 209 Å². The van der Waals surface area contributed by atoms with Crippen LogP contribution in [0.5, 0.6) is 0 Å². The van der Waals surface area contributed by atoms with Crippen molar-refractivity contribution in [2.45, 2.75) is 207 Å². The van der Waals surface area contributed by atoms with Crippen LogP contribution in [-0.4, -0.2) is 267 Å². The smallest absolute Gasteiger partial charge is 0.333 e. The zero-order chi connectivity index (χ0) is 87.4. The van der Waals surface area contributed by atoms with E-state index >= 15 is 0 Å². The van der Waals surface area contributed by atoms with Crippen molar-refractivity contribution < 1.29 is 179 Å². The average molecular weight is 1620 g/mol. The fourth-order valence-electron chi connectivity index (χ4n) is 6.71. The molecule has 6 unspecified atom stereocenters.